The van der Waals surface area contributed by atoms with Crippen LogP contribution in [0.25, 0.3) is 0 Å². The Bertz CT molecular complexity index is 292. The molecule has 0 spiro atoms. The molecule has 4 nitrogen and oxygen atoms in total. The summed E-state index contributed by atoms with van der Waals surface area (Å²) in [5.74, 6) is -0.0891. The van der Waals surface area contributed by atoms with Crippen LogP contribution in [0.15, 0.2) is 0 Å². The van der Waals surface area contributed by atoms with Crippen LogP contribution in [0.4, 0.5) is 0 Å². The number of rotatable bonds is 11. The molecule has 1 atom stereocenters. The maximum absolute atomic E-state index is 12.2. The van der Waals surface area contributed by atoms with Crippen LogP contribution in [0.1, 0.15) is 59.3 Å². The lowest BCUT2D eigenvalue weighted by Crippen LogP contribution is -2.51. The second-order valence-corrected chi connectivity index (χ2v) is 6.23. The largest absolute Gasteiger partial charge is 0.465 e. The van der Waals surface area contributed by atoms with Gasteiger partial charge in [0, 0.05) is 6.04 Å². The van der Waals surface area contributed by atoms with E-state index in [0.29, 0.717) is 12.6 Å². The summed E-state index contributed by atoms with van der Waals surface area (Å²) in [5, 5.41) is 3.48. The van der Waals surface area contributed by atoms with Crippen LogP contribution in [0.5, 0.6) is 0 Å². The molecule has 1 saturated carbocycles. The molecule has 0 amide bonds. The smallest absolute Gasteiger partial charge is 0.326 e. The molecular formula is C16H32N2O2. The van der Waals surface area contributed by atoms with Crippen molar-refractivity contribution in [1.82, 2.24) is 10.2 Å². The number of hydrogen-bond donors (Lipinski definition) is 1. The number of nitrogens with one attached hydrogen (secondary N) is 1. The van der Waals surface area contributed by atoms with Crippen molar-refractivity contribution < 1.29 is 9.53 Å². The Labute approximate surface area is 124 Å². The Hall–Kier alpha value is -0.610. The highest BCUT2D eigenvalue weighted by Crippen LogP contribution is 2.26. The van der Waals surface area contributed by atoms with Crippen LogP contribution in [-0.2, 0) is 9.53 Å². The van der Waals surface area contributed by atoms with E-state index >= 15 is 0 Å². The van der Waals surface area contributed by atoms with E-state index in [-0.39, 0.29) is 5.97 Å². The molecule has 0 saturated heterocycles. The second-order valence-electron chi connectivity index (χ2n) is 6.23. The van der Waals surface area contributed by atoms with Crippen molar-refractivity contribution in [3.63, 3.8) is 0 Å². The number of ether oxygens (including phenoxy) is 1. The first kappa shape index (κ1) is 17.4. The lowest BCUT2D eigenvalue weighted by Gasteiger charge is -2.29. The summed E-state index contributed by atoms with van der Waals surface area (Å²) in [6.07, 6.45) is 6.63. The third-order valence-corrected chi connectivity index (χ3v) is 3.90. The lowest BCUT2D eigenvalue weighted by molar-refractivity contribution is -0.151. The van der Waals surface area contributed by atoms with Gasteiger partial charge in [-0.15, -0.1) is 0 Å². The molecule has 118 valence electrons. The Morgan fingerprint density at radius 3 is 2.55 bits per heavy atom. The number of esters is 1. The van der Waals surface area contributed by atoms with Gasteiger partial charge in [0.25, 0.3) is 0 Å². The molecule has 1 fully saturated rings. The van der Waals surface area contributed by atoms with Crippen LogP contribution >= 0.6 is 0 Å². The topological polar surface area (TPSA) is 41.6 Å². The van der Waals surface area contributed by atoms with Gasteiger partial charge in [0.15, 0.2) is 0 Å². The summed E-state index contributed by atoms with van der Waals surface area (Å²) in [6, 6.07) is 0.521. The van der Waals surface area contributed by atoms with Crippen LogP contribution in [-0.4, -0.2) is 49.2 Å². The zero-order valence-corrected chi connectivity index (χ0v) is 13.7. The average molecular weight is 284 g/mol. The van der Waals surface area contributed by atoms with E-state index in [1.165, 1.54) is 19.3 Å². The molecule has 20 heavy (non-hydrogen) atoms. The van der Waals surface area contributed by atoms with E-state index in [9.17, 15) is 4.79 Å². The first-order valence-corrected chi connectivity index (χ1v) is 8.15. The highest BCUT2D eigenvalue weighted by atomic mass is 16.5. The summed E-state index contributed by atoms with van der Waals surface area (Å²) < 4.78 is 5.24. The zero-order chi connectivity index (χ0) is 15.0. The van der Waals surface area contributed by atoms with E-state index in [4.69, 9.17) is 4.74 Å². The Kier molecular flexibility index (Phi) is 7.52. The lowest BCUT2D eigenvalue weighted by atomic mass is 9.94. The van der Waals surface area contributed by atoms with Crippen LogP contribution < -0.4 is 5.32 Å². The van der Waals surface area contributed by atoms with Gasteiger partial charge in [0.1, 0.15) is 5.54 Å². The molecule has 1 aliphatic rings. The highest BCUT2D eigenvalue weighted by Gasteiger charge is 2.39. The third-order valence-electron chi connectivity index (χ3n) is 3.90. The summed E-state index contributed by atoms with van der Waals surface area (Å²) in [5.41, 5.74) is -0.499. The summed E-state index contributed by atoms with van der Waals surface area (Å²) in [6.45, 7) is 8.79. The fraction of sp³-hybridized carbons (Fsp3) is 0.938. The molecule has 0 aliphatic heterocycles. The van der Waals surface area contributed by atoms with Gasteiger partial charge in [-0.25, -0.2) is 0 Å². The number of carbonyl (C=O) groups excluding carboxylic acids is 1. The second kappa shape index (κ2) is 8.63. The molecule has 0 bridgehead atoms. The van der Waals surface area contributed by atoms with Gasteiger partial charge in [-0.1, -0.05) is 6.92 Å². The van der Waals surface area contributed by atoms with Gasteiger partial charge in [-0.3, -0.25) is 10.1 Å². The van der Waals surface area contributed by atoms with Crippen molar-refractivity contribution in [3.8, 4) is 0 Å². The fourth-order valence-electron chi connectivity index (χ4n) is 2.56. The van der Waals surface area contributed by atoms with Crippen molar-refractivity contribution >= 4 is 5.97 Å². The number of hydrogen-bond acceptors (Lipinski definition) is 4. The predicted octanol–water partition coefficient (Wildman–Crippen LogP) is 2.57. The summed E-state index contributed by atoms with van der Waals surface area (Å²) in [4.78, 5) is 14.5. The van der Waals surface area contributed by atoms with E-state index in [2.05, 4.69) is 24.2 Å². The zero-order valence-electron chi connectivity index (χ0n) is 13.7. The van der Waals surface area contributed by atoms with Gasteiger partial charge in [-0.2, -0.15) is 0 Å². The van der Waals surface area contributed by atoms with E-state index < -0.39 is 5.54 Å². The van der Waals surface area contributed by atoms with Crippen molar-refractivity contribution in [2.45, 2.75) is 70.9 Å². The quantitative estimate of drug-likeness (QED) is 0.468. The molecule has 1 unspecified atom stereocenters. The molecule has 0 aromatic rings. The maximum Gasteiger partial charge on any atom is 0.326 e. The van der Waals surface area contributed by atoms with Crippen molar-refractivity contribution in [3.05, 3.63) is 0 Å². The predicted molar refractivity (Wildman–Crippen MR) is 82.8 cm³/mol. The maximum atomic E-state index is 12.2. The minimum absolute atomic E-state index is 0.0891. The van der Waals surface area contributed by atoms with Gasteiger partial charge >= 0.3 is 5.97 Å². The van der Waals surface area contributed by atoms with Gasteiger partial charge in [-0.05, 0) is 72.5 Å². The average Bonchev–Trinajstić information content (AvgIpc) is 3.19. The Morgan fingerprint density at radius 2 is 2.00 bits per heavy atom. The fourth-order valence-corrected chi connectivity index (χ4v) is 2.56. The van der Waals surface area contributed by atoms with Crippen LogP contribution in [0.3, 0.4) is 0 Å². The normalized spacial score (nSPS) is 18.1. The molecule has 0 aromatic carbocycles. The SMILES string of the molecule is CCCN(C)CCCCC(C)(NC1CC1)C(=O)OCC. The Balaban J connectivity index is 2.34. The standard InChI is InChI=1S/C16H32N2O2/c1-5-12-18(4)13-8-7-11-16(3,15(19)20-6-2)17-14-9-10-14/h14,17H,5-13H2,1-4H3. The van der Waals surface area contributed by atoms with Crippen molar-refractivity contribution in [2.75, 3.05) is 26.7 Å². The number of nitrogens with zero attached hydrogens (tertiary/aromatic N) is 1. The van der Waals surface area contributed by atoms with E-state index in [1.807, 2.05) is 13.8 Å². The summed E-state index contributed by atoms with van der Waals surface area (Å²) >= 11 is 0. The van der Waals surface area contributed by atoms with Gasteiger partial charge < -0.3 is 9.64 Å². The molecule has 0 radical (unpaired) electrons. The Morgan fingerprint density at radius 1 is 1.30 bits per heavy atom. The summed E-state index contributed by atoms with van der Waals surface area (Å²) in [7, 11) is 2.16. The van der Waals surface area contributed by atoms with Crippen molar-refractivity contribution in [1.29, 1.82) is 0 Å². The molecular weight excluding hydrogens is 252 g/mol. The first-order valence-electron chi connectivity index (χ1n) is 8.15. The molecule has 0 aromatic heterocycles. The van der Waals surface area contributed by atoms with Crippen molar-refractivity contribution in [2.24, 2.45) is 0 Å². The number of carbonyl (C=O) groups is 1. The van der Waals surface area contributed by atoms with Crippen LogP contribution in [0, 0.1) is 0 Å². The third kappa shape index (κ3) is 6.23. The molecule has 0 heterocycles. The number of unbranched alkanes of at least 4 members (excludes halogenated alkanes) is 1. The minimum atomic E-state index is -0.499. The molecule has 1 aliphatic carbocycles. The van der Waals surface area contributed by atoms with E-state index in [1.54, 1.807) is 0 Å². The van der Waals surface area contributed by atoms with Crippen LogP contribution in [0.2, 0.25) is 0 Å². The first-order chi connectivity index (χ1) is 9.51. The van der Waals surface area contributed by atoms with E-state index in [0.717, 1.165) is 32.4 Å². The minimum Gasteiger partial charge on any atom is -0.465 e. The molecule has 1 rings (SSSR count). The van der Waals surface area contributed by atoms with Gasteiger partial charge in [0.05, 0.1) is 6.61 Å². The monoisotopic (exact) mass is 284 g/mol. The van der Waals surface area contributed by atoms with Gasteiger partial charge in [0.2, 0.25) is 0 Å². The molecule has 4 heteroatoms. The highest BCUT2D eigenvalue weighted by molar-refractivity contribution is 5.80. The molecule has 1 N–H and O–H groups in total.